The number of likely N-dealkylation sites (tertiary alicyclic amines) is 1. The lowest BCUT2D eigenvalue weighted by atomic mass is 9.72. The van der Waals surface area contributed by atoms with E-state index in [1.807, 2.05) is 13.8 Å². The van der Waals surface area contributed by atoms with E-state index in [1.54, 1.807) is 0 Å². The number of aliphatic hydroxyl groups is 1. The first-order chi connectivity index (χ1) is 12.1. The smallest absolute Gasteiger partial charge is 0.314 e. The molecule has 1 aliphatic heterocycles. The maximum atomic E-state index is 14.3. The molecule has 2 rings (SSSR count). The molecular formula is C19H25F2NO4. The van der Waals surface area contributed by atoms with Crippen molar-refractivity contribution in [3.8, 4) is 0 Å². The van der Waals surface area contributed by atoms with Crippen LogP contribution in [0.3, 0.4) is 0 Å². The van der Waals surface area contributed by atoms with E-state index in [1.165, 1.54) is 13.0 Å². The van der Waals surface area contributed by atoms with Crippen LogP contribution in [0.5, 0.6) is 0 Å². The summed E-state index contributed by atoms with van der Waals surface area (Å²) in [6, 6.07) is 2.26. The molecule has 2 N–H and O–H groups in total. The molecule has 2 atom stereocenters. The Morgan fingerprint density at radius 1 is 1.35 bits per heavy atom. The molecule has 144 valence electrons. The van der Waals surface area contributed by atoms with Crippen LogP contribution in [0.15, 0.2) is 12.1 Å². The highest BCUT2D eigenvalue weighted by Crippen LogP contribution is 2.37. The lowest BCUT2D eigenvalue weighted by molar-refractivity contribution is -0.163. The number of carbonyl (C=O) groups excluding carboxylic acids is 1. The summed E-state index contributed by atoms with van der Waals surface area (Å²) in [7, 11) is 0. The van der Waals surface area contributed by atoms with Crippen molar-refractivity contribution < 1.29 is 28.6 Å². The molecule has 0 bridgehead atoms. The van der Waals surface area contributed by atoms with E-state index < -0.39 is 40.6 Å². The van der Waals surface area contributed by atoms with E-state index >= 15 is 0 Å². The van der Waals surface area contributed by atoms with Gasteiger partial charge in [-0.2, -0.15) is 0 Å². The van der Waals surface area contributed by atoms with Crippen molar-refractivity contribution in [3.05, 3.63) is 34.9 Å². The van der Waals surface area contributed by atoms with Gasteiger partial charge in [0.1, 0.15) is 22.6 Å². The Morgan fingerprint density at radius 3 is 2.58 bits per heavy atom. The number of carbonyl (C=O) groups is 2. The third-order valence-electron chi connectivity index (χ3n) is 5.16. The average Bonchev–Trinajstić information content (AvgIpc) is 2.57. The Bertz CT molecular complexity index is 707. The fraction of sp³-hybridized carbons (Fsp3) is 0.579. The fourth-order valence-electron chi connectivity index (χ4n) is 3.37. The maximum absolute atomic E-state index is 14.3. The van der Waals surface area contributed by atoms with Crippen LogP contribution >= 0.6 is 0 Å². The number of carboxylic acid groups (broad SMARTS) is 1. The second-order valence-electron chi connectivity index (χ2n) is 7.48. The number of aliphatic carboxylic acids is 1. The predicted octanol–water partition coefficient (Wildman–Crippen LogP) is 2.99. The average molecular weight is 369 g/mol. The molecule has 7 heteroatoms. The Labute approximate surface area is 151 Å². The molecule has 26 heavy (non-hydrogen) atoms. The minimum absolute atomic E-state index is 0.0452. The Morgan fingerprint density at radius 2 is 2.00 bits per heavy atom. The minimum Gasteiger partial charge on any atom is -0.481 e. The van der Waals surface area contributed by atoms with E-state index in [-0.39, 0.29) is 37.4 Å². The van der Waals surface area contributed by atoms with Gasteiger partial charge in [-0.1, -0.05) is 19.9 Å². The largest absolute Gasteiger partial charge is 0.481 e. The number of aliphatic hydroxyl groups excluding tert-OH is 1. The third-order valence-corrected chi connectivity index (χ3v) is 5.16. The second-order valence-corrected chi connectivity index (χ2v) is 7.48. The van der Waals surface area contributed by atoms with Gasteiger partial charge in [-0.15, -0.1) is 0 Å². The van der Waals surface area contributed by atoms with Gasteiger partial charge in [0.15, 0.2) is 0 Å². The molecule has 0 spiro atoms. The van der Waals surface area contributed by atoms with Gasteiger partial charge in [0.05, 0.1) is 6.10 Å². The zero-order valence-electron chi connectivity index (χ0n) is 15.3. The number of rotatable bonds is 5. The van der Waals surface area contributed by atoms with Gasteiger partial charge in [-0.05, 0) is 43.7 Å². The summed E-state index contributed by atoms with van der Waals surface area (Å²) in [4.78, 5) is 25.8. The number of halogens is 2. The predicted molar refractivity (Wildman–Crippen MR) is 91.8 cm³/mol. The molecule has 0 aliphatic carbocycles. The highest BCUT2D eigenvalue weighted by Gasteiger charge is 2.50. The molecule has 1 amide bonds. The van der Waals surface area contributed by atoms with Crippen molar-refractivity contribution in [2.45, 2.75) is 46.1 Å². The maximum Gasteiger partial charge on any atom is 0.314 e. The lowest BCUT2D eigenvalue weighted by Crippen LogP contribution is -2.57. The van der Waals surface area contributed by atoms with E-state index in [0.29, 0.717) is 6.42 Å². The summed E-state index contributed by atoms with van der Waals surface area (Å²) in [5, 5.41) is 20.1. The fourth-order valence-corrected chi connectivity index (χ4v) is 3.37. The molecule has 1 aromatic rings. The molecule has 1 aromatic carbocycles. The monoisotopic (exact) mass is 369 g/mol. The molecule has 1 aliphatic rings. The summed E-state index contributed by atoms with van der Waals surface area (Å²) in [6.45, 7) is 5.07. The van der Waals surface area contributed by atoms with E-state index in [2.05, 4.69) is 0 Å². The number of amides is 1. The number of benzene rings is 1. The van der Waals surface area contributed by atoms with E-state index in [9.17, 15) is 28.6 Å². The first kappa shape index (κ1) is 20.3. The summed E-state index contributed by atoms with van der Waals surface area (Å²) >= 11 is 0. The second kappa shape index (κ2) is 7.70. The molecular weight excluding hydrogens is 344 g/mol. The quantitative estimate of drug-likeness (QED) is 0.836. The molecule has 5 nitrogen and oxygen atoms in total. The topological polar surface area (TPSA) is 77.8 Å². The number of hydrogen-bond acceptors (Lipinski definition) is 3. The van der Waals surface area contributed by atoms with Gasteiger partial charge in [0.25, 0.3) is 5.91 Å². The first-order valence-corrected chi connectivity index (χ1v) is 8.75. The summed E-state index contributed by atoms with van der Waals surface area (Å²) in [6.07, 6.45) is -0.331. The summed E-state index contributed by atoms with van der Waals surface area (Å²) in [5.74, 6) is -3.79. The molecule has 1 fully saturated rings. The van der Waals surface area contributed by atoms with Crippen LogP contribution in [0.25, 0.3) is 0 Å². The molecule has 0 unspecified atom stereocenters. The summed E-state index contributed by atoms with van der Waals surface area (Å²) in [5.41, 5.74) is -2.07. The zero-order valence-corrected chi connectivity index (χ0v) is 15.3. The molecule has 1 heterocycles. The van der Waals surface area contributed by atoms with Crippen molar-refractivity contribution in [1.82, 2.24) is 4.90 Å². The van der Waals surface area contributed by atoms with Crippen LogP contribution in [0.4, 0.5) is 8.78 Å². The van der Waals surface area contributed by atoms with Gasteiger partial charge in [0.2, 0.25) is 0 Å². The Hall–Kier alpha value is -2.02. The number of nitrogens with zero attached hydrogens (tertiary/aromatic N) is 1. The SMILES string of the molecule is Cc1ccc(F)c(C(=O)N2CC[C@@H](O)[C@](CCC(C)C)(C(=O)O)C2)c1F. The molecule has 0 radical (unpaired) electrons. The number of piperidine rings is 1. The number of hydrogen-bond donors (Lipinski definition) is 2. The van der Waals surface area contributed by atoms with Gasteiger partial charge in [-0.3, -0.25) is 9.59 Å². The third kappa shape index (κ3) is 3.72. The van der Waals surface area contributed by atoms with E-state index in [4.69, 9.17) is 0 Å². The molecule has 0 saturated carbocycles. The van der Waals surface area contributed by atoms with Crippen molar-refractivity contribution >= 4 is 11.9 Å². The van der Waals surface area contributed by atoms with Crippen LogP contribution in [0.1, 0.15) is 49.0 Å². The Balaban J connectivity index is 2.35. The first-order valence-electron chi connectivity index (χ1n) is 8.75. The normalized spacial score (nSPS) is 23.3. The number of carboxylic acids is 1. The van der Waals surface area contributed by atoms with E-state index in [0.717, 1.165) is 11.0 Å². The Kier molecular flexibility index (Phi) is 6.01. The van der Waals surface area contributed by atoms with Crippen LogP contribution < -0.4 is 0 Å². The lowest BCUT2D eigenvalue weighted by Gasteiger charge is -2.43. The standard InChI is InChI=1S/C19H25F2NO4/c1-11(2)6-8-19(18(25)26)10-22(9-7-14(19)23)17(24)15-13(20)5-4-12(3)16(15)21/h4-5,11,14,23H,6-10H2,1-3H3,(H,25,26)/t14-,19-/m1/s1. The van der Waals surface area contributed by atoms with Gasteiger partial charge in [0, 0.05) is 13.1 Å². The molecule has 1 saturated heterocycles. The van der Waals surface area contributed by atoms with Crippen molar-refractivity contribution in [1.29, 1.82) is 0 Å². The van der Waals surface area contributed by atoms with Crippen LogP contribution in [-0.4, -0.2) is 46.2 Å². The minimum atomic E-state index is -1.53. The highest BCUT2D eigenvalue weighted by atomic mass is 19.1. The van der Waals surface area contributed by atoms with Crippen LogP contribution in [0.2, 0.25) is 0 Å². The summed E-state index contributed by atoms with van der Waals surface area (Å²) < 4.78 is 28.4. The van der Waals surface area contributed by atoms with Crippen molar-refractivity contribution in [2.24, 2.45) is 11.3 Å². The zero-order chi connectivity index (χ0) is 19.6. The van der Waals surface area contributed by atoms with Gasteiger partial charge < -0.3 is 15.1 Å². The van der Waals surface area contributed by atoms with Crippen molar-refractivity contribution in [3.63, 3.8) is 0 Å². The van der Waals surface area contributed by atoms with Crippen LogP contribution in [0, 0.1) is 29.9 Å². The van der Waals surface area contributed by atoms with Crippen LogP contribution in [-0.2, 0) is 4.79 Å². The van der Waals surface area contributed by atoms with Gasteiger partial charge >= 0.3 is 5.97 Å². The number of aryl methyl sites for hydroxylation is 1. The van der Waals surface area contributed by atoms with Gasteiger partial charge in [-0.25, -0.2) is 8.78 Å². The highest BCUT2D eigenvalue weighted by molar-refractivity contribution is 5.95. The molecule has 0 aromatic heterocycles. The van der Waals surface area contributed by atoms with Crippen molar-refractivity contribution in [2.75, 3.05) is 13.1 Å².